The number of hydrogen-bond acceptors (Lipinski definition) is 3. The lowest BCUT2D eigenvalue weighted by Crippen LogP contribution is -2.47. The molecule has 2 aromatic rings. The number of carbonyl (C=O) groups excluding carboxylic acids is 2. The van der Waals surface area contributed by atoms with Crippen molar-refractivity contribution >= 4 is 11.8 Å². The molecule has 166 valence electrons. The number of carbonyl (C=O) groups is 2. The topological polar surface area (TPSA) is 58.6 Å². The first-order valence-corrected chi connectivity index (χ1v) is 11.1. The summed E-state index contributed by atoms with van der Waals surface area (Å²) >= 11 is 0. The van der Waals surface area contributed by atoms with Gasteiger partial charge in [0.1, 0.15) is 5.75 Å². The van der Waals surface area contributed by atoms with E-state index in [0.29, 0.717) is 38.2 Å². The zero-order valence-electron chi connectivity index (χ0n) is 19.1. The highest BCUT2D eigenvalue weighted by atomic mass is 16.5. The van der Waals surface area contributed by atoms with E-state index in [-0.39, 0.29) is 23.1 Å². The molecule has 31 heavy (non-hydrogen) atoms. The van der Waals surface area contributed by atoms with Crippen LogP contribution in [0.3, 0.4) is 0 Å². The monoisotopic (exact) mass is 422 g/mol. The van der Waals surface area contributed by atoms with Crippen LogP contribution in [0.2, 0.25) is 0 Å². The summed E-state index contributed by atoms with van der Waals surface area (Å²) in [7, 11) is 0. The van der Waals surface area contributed by atoms with Gasteiger partial charge in [0.05, 0.1) is 0 Å². The largest absolute Gasteiger partial charge is 0.481 e. The minimum Gasteiger partial charge on any atom is -0.481 e. The molecule has 1 atom stereocenters. The Hall–Kier alpha value is -2.82. The molecule has 0 aliphatic carbocycles. The average molecular weight is 423 g/mol. The zero-order chi connectivity index (χ0) is 22.4. The summed E-state index contributed by atoms with van der Waals surface area (Å²) in [5.74, 6) is 0.708. The molecule has 1 N–H and O–H groups in total. The van der Waals surface area contributed by atoms with Gasteiger partial charge in [-0.1, -0.05) is 63.2 Å². The number of nitrogens with zero attached hydrogens (tertiary/aromatic N) is 1. The number of piperidine rings is 1. The summed E-state index contributed by atoms with van der Waals surface area (Å²) in [4.78, 5) is 27.2. The average Bonchev–Trinajstić information content (AvgIpc) is 2.77. The Labute approximate surface area is 185 Å². The zero-order valence-corrected chi connectivity index (χ0v) is 19.1. The van der Waals surface area contributed by atoms with Crippen LogP contribution >= 0.6 is 0 Å². The Morgan fingerprint density at radius 1 is 1.06 bits per heavy atom. The van der Waals surface area contributed by atoms with E-state index < -0.39 is 6.10 Å². The van der Waals surface area contributed by atoms with Gasteiger partial charge in [0.2, 0.25) is 5.91 Å². The highest BCUT2D eigenvalue weighted by Gasteiger charge is 2.30. The standard InChI is InChI=1S/C26H34N2O3/c1-19(31-23-12-8-11-22(17-23)26(2,3)4)25(30)28-15-13-21(14-16-28)24(29)27-18-20-9-6-5-7-10-20/h5-12,17,19,21H,13-16,18H2,1-4H3,(H,27,29)/t19-/m0/s1. The van der Waals surface area contributed by atoms with Crippen molar-refractivity contribution in [1.29, 1.82) is 0 Å². The van der Waals surface area contributed by atoms with Gasteiger partial charge in [-0.05, 0) is 48.4 Å². The van der Waals surface area contributed by atoms with E-state index in [9.17, 15) is 9.59 Å². The molecule has 2 aromatic carbocycles. The summed E-state index contributed by atoms with van der Waals surface area (Å²) in [5, 5.41) is 3.02. The van der Waals surface area contributed by atoms with Crippen molar-refractivity contribution in [1.82, 2.24) is 10.2 Å². The molecule has 1 heterocycles. The minimum atomic E-state index is -0.557. The van der Waals surface area contributed by atoms with E-state index in [4.69, 9.17) is 4.74 Å². The number of likely N-dealkylation sites (tertiary alicyclic amines) is 1. The van der Waals surface area contributed by atoms with Crippen LogP contribution in [-0.4, -0.2) is 35.9 Å². The van der Waals surface area contributed by atoms with Crippen LogP contribution in [0.15, 0.2) is 54.6 Å². The fourth-order valence-corrected chi connectivity index (χ4v) is 3.84. The summed E-state index contributed by atoms with van der Waals surface area (Å²) in [6, 6.07) is 17.8. The third-order valence-electron chi connectivity index (χ3n) is 5.85. The third kappa shape index (κ3) is 6.33. The van der Waals surface area contributed by atoms with Crippen molar-refractivity contribution < 1.29 is 14.3 Å². The molecule has 1 saturated heterocycles. The van der Waals surface area contributed by atoms with Gasteiger partial charge in [-0.2, -0.15) is 0 Å². The van der Waals surface area contributed by atoms with Crippen molar-refractivity contribution in [2.24, 2.45) is 5.92 Å². The second-order valence-corrected chi connectivity index (χ2v) is 9.34. The van der Waals surface area contributed by atoms with Crippen molar-refractivity contribution in [3.63, 3.8) is 0 Å². The van der Waals surface area contributed by atoms with E-state index >= 15 is 0 Å². The maximum atomic E-state index is 12.9. The maximum Gasteiger partial charge on any atom is 0.263 e. The molecule has 0 unspecified atom stereocenters. The molecule has 5 heteroatoms. The van der Waals surface area contributed by atoms with Gasteiger partial charge in [-0.15, -0.1) is 0 Å². The smallest absolute Gasteiger partial charge is 0.263 e. The van der Waals surface area contributed by atoms with Crippen LogP contribution in [0.1, 0.15) is 51.7 Å². The van der Waals surface area contributed by atoms with Crippen molar-refractivity contribution in [2.45, 2.75) is 58.6 Å². The van der Waals surface area contributed by atoms with Gasteiger partial charge in [0, 0.05) is 25.6 Å². The molecule has 1 fully saturated rings. The van der Waals surface area contributed by atoms with Crippen molar-refractivity contribution in [3.05, 3.63) is 65.7 Å². The molecule has 0 spiro atoms. The van der Waals surface area contributed by atoms with Crippen LogP contribution in [0.5, 0.6) is 5.75 Å². The predicted octanol–water partition coefficient (Wildman–Crippen LogP) is 4.31. The lowest BCUT2D eigenvalue weighted by molar-refractivity contribution is -0.141. The Kier molecular flexibility index (Phi) is 7.37. The molecular formula is C26H34N2O3. The Morgan fingerprint density at radius 2 is 1.74 bits per heavy atom. The molecule has 0 saturated carbocycles. The van der Waals surface area contributed by atoms with Gasteiger partial charge in [-0.25, -0.2) is 0 Å². The Morgan fingerprint density at radius 3 is 2.39 bits per heavy atom. The molecule has 1 aliphatic heterocycles. The van der Waals surface area contributed by atoms with Gasteiger partial charge in [-0.3, -0.25) is 9.59 Å². The highest BCUT2D eigenvalue weighted by molar-refractivity contribution is 5.82. The van der Waals surface area contributed by atoms with Crippen LogP contribution in [0.25, 0.3) is 0 Å². The lowest BCUT2D eigenvalue weighted by Gasteiger charge is -2.33. The maximum absolute atomic E-state index is 12.9. The number of benzene rings is 2. The highest BCUT2D eigenvalue weighted by Crippen LogP contribution is 2.26. The number of hydrogen-bond donors (Lipinski definition) is 1. The Bertz CT molecular complexity index is 881. The van der Waals surface area contributed by atoms with E-state index in [2.05, 4.69) is 32.2 Å². The summed E-state index contributed by atoms with van der Waals surface area (Å²) in [6.45, 7) is 9.96. The third-order valence-corrected chi connectivity index (χ3v) is 5.85. The molecule has 0 radical (unpaired) electrons. The summed E-state index contributed by atoms with van der Waals surface area (Å²) in [5.41, 5.74) is 2.28. The fraction of sp³-hybridized carbons (Fsp3) is 0.462. The summed E-state index contributed by atoms with van der Waals surface area (Å²) < 4.78 is 5.96. The van der Waals surface area contributed by atoms with Gasteiger partial charge >= 0.3 is 0 Å². The van der Waals surface area contributed by atoms with Gasteiger partial charge in [0.15, 0.2) is 6.10 Å². The fourth-order valence-electron chi connectivity index (χ4n) is 3.84. The SMILES string of the molecule is C[C@H](Oc1cccc(C(C)(C)C)c1)C(=O)N1CCC(C(=O)NCc2ccccc2)CC1. The number of rotatable bonds is 6. The van der Waals surface area contributed by atoms with Crippen LogP contribution in [0, 0.1) is 5.92 Å². The van der Waals surface area contributed by atoms with E-state index in [1.54, 1.807) is 6.92 Å². The first-order chi connectivity index (χ1) is 14.7. The number of amides is 2. The molecular weight excluding hydrogens is 388 g/mol. The van der Waals surface area contributed by atoms with Gasteiger partial charge < -0.3 is 15.0 Å². The van der Waals surface area contributed by atoms with Gasteiger partial charge in [0.25, 0.3) is 5.91 Å². The normalized spacial score (nSPS) is 15.9. The molecule has 3 rings (SSSR count). The minimum absolute atomic E-state index is 0.0234. The van der Waals surface area contributed by atoms with E-state index in [0.717, 1.165) is 5.56 Å². The first-order valence-electron chi connectivity index (χ1n) is 11.1. The molecule has 5 nitrogen and oxygen atoms in total. The first kappa shape index (κ1) is 22.9. The molecule has 0 bridgehead atoms. The van der Waals surface area contributed by atoms with Crippen LogP contribution < -0.4 is 10.1 Å². The van der Waals surface area contributed by atoms with E-state index in [1.807, 2.05) is 53.4 Å². The summed E-state index contributed by atoms with van der Waals surface area (Å²) in [6.07, 6.45) is 0.802. The van der Waals surface area contributed by atoms with Crippen molar-refractivity contribution in [2.75, 3.05) is 13.1 Å². The van der Waals surface area contributed by atoms with Crippen LogP contribution in [0.4, 0.5) is 0 Å². The number of ether oxygens (including phenoxy) is 1. The van der Waals surface area contributed by atoms with Crippen molar-refractivity contribution in [3.8, 4) is 5.75 Å². The van der Waals surface area contributed by atoms with E-state index in [1.165, 1.54) is 5.56 Å². The van der Waals surface area contributed by atoms with Crippen LogP contribution in [-0.2, 0) is 21.5 Å². The lowest BCUT2D eigenvalue weighted by atomic mass is 9.87. The predicted molar refractivity (Wildman–Crippen MR) is 123 cm³/mol. The Balaban J connectivity index is 1.47. The second kappa shape index (κ2) is 9.99. The molecule has 2 amide bonds. The molecule has 1 aliphatic rings. The quantitative estimate of drug-likeness (QED) is 0.755. The number of nitrogens with one attached hydrogen (secondary N) is 1. The molecule has 0 aromatic heterocycles. The second-order valence-electron chi connectivity index (χ2n) is 9.34.